The molecule has 126 valence electrons. The molecule has 6 heteroatoms. The third-order valence-corrected chi connectivity index (χ3v) is 3.60. The highest BCUT2D eigenvalue weighted by molar-refractivity contribution is 6.31. The summed E-state index contributed by atoms with van der Waals surface area (Å²) in [4.78, 5) is 23.0. The number of hydrogen-bond donors (Lipinski definition) is 2. The Morgan fingerprint density at radius 3 is 2.36 bits per heavy atom. The fourth-order valence-corrected chi connectivity index (χ4v) is 2.48. The van der Waals surface area contributed by atoms with Crippen LogP contribution in [0.4, 0.5) is 11.4 Å². The second kappa shape index (κ2) is 7.23. The van der Waals surface area contributed by atoms with E-state index in [1.807, 2.05) is 6.07 Å². The Morgan fingerprint density at radius 2 is 1.68 bits per heavy atom. The van der Waals surface area contributed by atoms with Crippen LogP contribution < -0.4 is 10.6 Å². The van der Waals surface area contributed by atoms with Crippen molar-refractivity contribution in [1.82, 2.24) is 0 Å². The quantitative estimate of drug-likeness (QED) is 0.667. The number of carbonyl (C=O) groups is 2. The summed E-state index contributed by atoms with van der Waals surface area (Å²) in [5, 5.41) is 6.90. The highest BCUT2D eigenvalue weighted by atomic mass is 35.5. The molecule has 0 unspecified atom stereocenters. The summed E-state index contributed by atoms with van der Waals surface area (Å²) in [5.41, 5.74) is 2.00. The summed E-state index contributed by atoms with van der Waals surface area (Å²) >= 11 is 5.94. The SMILES string of the molecule is CC(=O)Nc1ccc(NC(=O)/C=C/c2cc3cc(Cl)ccc3o2)cc1. The number of hydrogen-bond acceptors (Lipinski definition) is 3. The maximum Gasteiger partial charge on any atom is 0.248 e. The monoisotopic (exact) mass is 354 g/mol. The van der Waals surface area contributed by atoms with E-state index in [0.717, 1.165) is 5.39 Å². The smallest absolute Gasteiger partial charge is 0.248 e. The van der Waals surface area contributed by atoms with Gasteiger partial charge in [-0.3, -0.25) is 9.59 Å². The molecule has 0 aliphatic heterocycles. The Morgan fingerprint density at radius 1 is 1.00 bits per heavy atom. The molecular weight excluding hydrogens is 340 g/mol. The van der Waals surface area contributed by atoms with Crippen molar-refractivity contribution in [2.24, 2.45) is 0 Å². The summed E-state index contributed by atoms with van der Waals surface area (Å²) in [5.74, 6) is 0.131. The van der Waals surface area contributed by atoms with Crippen molar-refractivity contribution in [3.05, 3.63) is 65.4 Å². The lowest BCUT2D eigenvalue weighted by atomic mass is 10.2. The van der Waals surface area contributed by atoms with E-state index in [1.165, 1.54) is 13.0 Å². The fourth-order valence-electron chi connectivity index (χ4n) is 2.30. The molecule has 0 aliphatic carbocycles. The van der Waals surface area contributed by atoms with Gasteiger partial charge in [-0.2, -0.15) is 0 Å². The molecule has 25 heavy (non-hydrogen) atoms. The number of carbonyl (C=O) groups excluding carboxylic acids is 2. The van der Waals surface area contributed by atoms with Crippen LogP contribution in [-0.4, -0.2) is 11.8 Å². The number of amides is 2. The molecule has 2 amide bonds. The van der Waals surface area contributed by atoms with Gasteiger partial charge in [-0.1, -0.05) is 11.6 Å². The number of furan rings is 1. The van der Waals surface area contributed by atoms with Gasteiger partial charge in [0.2, 0.25) is 11.8 Å². The molecule has 3 aromatic rings. The van der Waals surface area contributed by atoms with Gasteiger partial charge in [0.1, 0.15) is 11.3 Å². The molecule has 0 spiro atoms. The van der Waals surface area contributed by atoms with Crippen molar-refractivity contribution >= 4 is 51.8 Å². The molecule has 0 saturated carbocycles. The van der Waals surface area contributed by atoms with E-state index in [9.17, 15) is 9.59 Å². The van der Waals surface area contributed by atoms with Crippen molar-refractivity contribution < 1.29 is 14.0 Å². The minimum absolute atomic E-state index is 0.146. The van der Waals surface area contributed by atoms with Crippen LogP contribution in [0.2, 0.25) is 5.02 Å². The average Bonchev–Trinajstić information content (AvgIpc) is 2.96. The summed E-state index contributed by atoms with van der Waals surface area (Å²) in [7, 11) is 0. The largest absolute Gasteiger partial charge is 0.457 e. The lowest BCUT2D eigenvalue weighted by Gasteiger charge is -2.04. The molecule has 3 rings (SSSR count). The highest BCUT2D eigenvalue weighted by Crippen LogP contribution is 2.23. The van der Waals surface area contributed by atoms with Crippen molar-refractivity contribution in [2.75, 3.05) is 10.6 Å². The molecular formula is C19H15ClN2O3. The van der Waals surface area contributed by atoms with Crippen LogP contribution in [0.1, 0.15) is 12.7 Å². The molecule has 1 heterocycles. The summed E-state index contributed by atoms with van der Waals surface area (Å²) in [6, 6.07) is 14.0. The van der Waals surface area contributed by atoms with Crippen molar-refractivity contribution in [3.8, 4) is 0 Å². The number of halogens is 1. The topological polar surface area (TPSA) is 71.3 Å². The predicted molar refractivity (Wildman–Crippen MR) is 99.6 cm³/mol. The minimum atomic E-state index is -0.286. The normalized spacial score (nSPS) is 11.0. The molecule has 5 nitrogen and oxygen atoms in total. The average molecular weight is 355 g/mol. The molecule has 0 atom stereocenters. The van der Waals surface area contributed by atoms with Crippen LogP contribution in [0.5, 0.6) is 0 Å². The summed E-state index contributed by atoms with van der Waals surface area (Å²) < 4.78 is 5.61. The predicted octanol–water partition coefficient (Wildman–Crippen LogP) is 4.70. The number of benzene rings is 2. The van der Waals surface area contributed by atoms with Gasteiger partial charge in [-0.05, 0) is 54.6 Å². The number of nitrogens with one attached hydrogen (secondary N) is 2. The second-order valence-electron chi connectivity index (χ2n) is 5.41. The first-order chi connectivity index (χ1) is 12.0. The maximum absolute atomic E-state index is 12.0. The minimum Gasteiger partial charge on any atom is -0.457 e. The van der Waals surface area contributed by atoms with Gasteiger partial charge in [-0.15, -0.1) is 0 Å². The van der Waals surface area contributed by atoms with Gasteiger partial charge in [0.25, 0.3) is 0 Å². The first kappa shape index (κ1) is 16.8. The van der Waals surface area contributed by atoms with E-state index < -0.39 is 0 Å². The van der Waals surface area contributed by atoms with E-state index in [2.05, 4.69) is 10.6 Å². The number of anilines is 2. The Labute approximate surface area is 149 Å². The Balaban J connectivity index is 1.64. The Kier molecular flexibility index (Phi) is 4.86. The molecule has 0 bridgehead atoms. The Hall–Kier alpha value is -3.05. The van der Waals surface area contributed by atoms with E-state index in [-0.39, 0.29) is 11.8 Å². The van der Waals surface area contributed by atoms with E-state index >= 15 is 0 Å². The van der Waals surface area contributed by atoms with Crippen LogP contribution >= 0.6 is 11.6 Å². The zero-order valence-corrected chi connectivity index (χ0v) is 14.1. The zero-order chi connectivity index (χ0) is 17.8. The highest BCUT2D eigenvalue weighted by Gasteiger charge is 2.03. The molecule has 0 aliphatic rings. The standard InChI is InChI=1S/C19H15ClN2O3/c1-12(23)21-15-3-5-16(6-4-15)22-19(24)9-7-17-11-13-10-14(20)2-8-18(13)25-17/h2-11H,1H3,(H,21,23)(H,22,24)/b9-7+. The molecule has 0 saturated heterocycles. The lowest BCUT2D eigenvalue weighted by Crippen LogP contribution is -2.08. The van der Waals surface area contributed by atoms with Gasteiger partial charge in [0, 0.05) is 34.8 Å². The molecule has 2 aromatic carbocycles. The molecule has 0 fully saturated rings. The number of rotatable bonds is 4. The van der Waals surface area contributed by atoms with Crippen LogP contribution in [0.25, 0.3) is 17.0 Å². The maximum atomic E-state index is 12.0. The van der Waals surface area contributed by atoms with E-state index in [1.54, 1.807) is 48.5 Å². The first-order valence-corrected chi connectivity index (χ1v) is 7.93. The third-order valence-electron chi connectivity index (χ3n) is 3.37. The van der Waals surface area contributed by atoms with Crippen molar-refractivity contribution in [1.29, 1.82) is 0 Å². The second-order valence-corrected chi connectivity index (χ2v) is 5.85. The van der Waals surface area contributed by atoms with Gasteiger partial charge in [0.15, 0.2) is 0 Å². The first-order valence-electron chi connectivity index (χ1n) is 7.55. The van der Waals surface area contributed by atoms with Crippen molar-refractivity contribution in [2.45, 2.75) is 6.92 Å². The van der Waals surface area contributed by atoms with E-state index in [0.29, 0.717) is 27.7 Å². The summed E-state index contributed by atoms with van der Waals surface area (Å²) in [6.07, 6.45) is 2.98. The molecule has 1 aromatic heterocycles. The van der Waals surface area contributed by atoms with Gasteiger partial charge >= 0.3 is 0 Å². The molecule has 2 N–H and O–H groups in total. The summed E-state index contributed by atoms with van der Waals surface area (Å²) in [6.45, 7) is 1.44. The van der Waals surface area contributed by atoms with Crippen LogP contribution in [0, 0.1) is 0 Å². The van der Waals surface area contributed by atoms with Crippen LogP contribution in [0.3, 0.4) is 0 Å². The van der Waals surface area contributed by atoms with Crippen molar-refractivity contribution in [3.63, 3.8) is 0 Å². The van der Waals surface area contributed by atoms with Gasteiger partial charge < -0.3 is 15.1 Å². The molecule has 0 radical (unpaired) electrons. The van der Waals surface area contributed by atoms with E-state index in [4.69, 9.17) is 16.0 Å². The van der Waals surface area contributed by atoms with Gasteiger partial charge in [0.05, 0.1) is 0 Å². The third kappa shape index (κ3) is 4.49. The van der Waals surface area contributed by atoms with Crippen LogP contribution in [0.15, 0.2) is 59.0 Å². The van der Waals surface area contributed by atoms with Crippen LogP contribution in [-0.2, 0) is 9.59 Å². The number of fused-ring (bicyclic) bond motifs is 1. The lowest BCUT2D eigenvalue weighted by molar-refractivity contribution is -0.114. The Bertz CT molecular complexity index is 958. The fraction of sp³-hybridized carbons (Fsp3) is 0.0526. The van der Waals surface area contributed by atoms with Gasteiger partial charge in [-0.25, -0.2) is 0 Å². The zero-order valence-electron chi connectivity index (χ0n) is 13.4.